The van der Waals surface area contributed by atoms with Crippen molar-refractivity contribution < 1.29 is 0 Å². The standard InChI is InChI=1S/C15H11N.C9H7N/c1-2-5-12(6-3-1)14-8-4-7-13-9-10-16-11-15(13)14;1-2-6-9-8(4-1)5-3-7-10-9/h1-11H;1-7H. The van der Waals surface area contributed by atoms with Crippen molar-refractivity contribution in [1.82, 2.24) is 9.97 Å². The number of pyridine rings is 2. The number of aromatic nitrogens is 2. The molecule has 0 spiro atoms. The maximum Gasteiger partial charge on any atom is 0.0701 e. The van der Waals surface area contributed by atoms with E-state index < -0.39 is 0 Å². The summed E-state index contributed by atoms with van der Waals surface area (Å²) in [6.07, 6.45) is 5.57. The van der Waals surface area contributed by atoms with Crippen LogP contribution in [0.4, 0.5) is 0 Å². The second-order valence-corrected chi connectivity index (χ2v) is 5.96. The van der Waals surface area contributed by atoms with E-state index in [9.17, 15) is 0 Å². The Morgan fingerprint density at radius 3 is 2.19 bits per heavy atom. The largest absolute Gasteiger partial charge is 0.264 e. The van der Waals surface area contributed by atoms with E-state index in [0.29, 0.717) is 0 Å². The number of fused-ring (bicyclic) bond motifs is 2. The molecule has 5 aromatic rings. The van der Waals surface area contributed by atoms with Gasteiger partial charge >= 0.3 is 0 Å². The Kier molecular flexibility index (Phi) is 4.66. The van der Waals surface area contributed by atoms with Gasteiger partial charge in [0, 0.05) is 29.4 Å². The highest BCUT2D eigenvalue weighted by Gasteiger charge is 2.01. The predicted octanol–water partition coefficient (Wildman–Crippen LogP) is 6.14. The first-order valence-corrected chi connectivity index (χ1v) is 8.60. The van der Waals surface area contributed by atoms with E-state index in [1.165, 1.54) is 27.3 Å². The highest BCUT2D eigenvalue weighted by molar-refractivity contribution is 5.95. The number of rotatable bonds is 1. The molecular formula is C24H18N2. The first-order chi connectivity index (χ1) is 12.9. The molecule has 2 heteroatoms. The van der Waals surface area contributed by atoms with Crippen LogP contribution in [0.3, 0.4) is 0 Å². The topological polar surface area (TPSA) is 25.8 Å². The summed E-state index contributed by atoms with van der Waals surface area (Å²) in [6.45, 7) is 0. The van der Waals surface area contributed by atoms with Crippen molar-refractivity contribution in [3.63, 3.8) is 0 Å². The second kappa shape index (κ2) is 7.58. The summed E-state index contributed by atoms with van der Waals surface area (Å²) in [6, 6.07) is 30.9. The van der Waals surface area contributed by atoms with Gasteiger partial charge in [-0.15, -0.1) is 0 Å². The molecule has 26 heavy (non-hydrogen) atoms. The smallest absolute Gasteiger partial charge is 0.0701 e. The highest BCUT2D eigenvalue weighted by Crippen LogP contribution is 2.27. The summed E-state index contributed by atoms with van der Waals surface area (Å²) >= 11 is 0. The maximum absolute atomic E-state index is 4.20. The first kappa shape index (κ1) is 16.0. The molecule has 2 aromatic heterocycles. The molecule has 0 saturated carbocycles. The fraction of sp³-hybridized carbons (Fsp3) is 0. The Bertz CT molecular complexity index is 1060. The Balaban J connectivity index is 0.000000144. The molecule has 0 bridgehead atoms. The lowest BCUT2D eigenvalue weighted by atomic mass is 10.00. The first-order valence-electron chi connectivity index (χ1n) is 8.60. The van der Waals surface area contributed by atoms with Gasteiger partial charge in [0.05, 0.1) is 5.52 Å². The van der Waals surface area contributed by atoms with Crippen molar-refractivity contribution in [2.24, 2.45) is 0 Å². The zero-order chi connectivity index (χ0) is 17.6. The molecule has 0 aliphatic rings. The predicted molar refractivity (Wildman–Crippen MR) is 109 cm³/mol. The molecule has 124 valence electrons. The highest BCUT2D eigenvalue weighted by atomic mass is 14.6. The molecular weight excluding hydrogens is 316 g/mol. The third kappa shape index (κ3) is 3.45. The number of benzene rings is 3. The minimum Gasteiger partial charge on any atom is -0.264 e. The van der Waals surface area contributed by atoms with Crippen molar-refractivity contribution in [2.75, 3.05) is 0 Å². The SMILES string of the molecule is c1ccc(-c2cccc3ccncc23)cc1.c1ccc2ncccc2c1. The molecule has 2 heterocycles. The molecule has 3 aromatic carbocycles. The van der Waals surface area contributed by atoms with Crippen molar-refractivity contribution in [3.8, 4) is 11.1 Å². The molecule has 0 amide bonds. The minimum absolute atomic E-state index is 1.06. The molecule has 0 aliphatic heterocycles. The fourth-order valence-electron chi connectivity index (χ4n) is 3.00. The summed E-state index contributed by atoms with van der Waals surface area (Å²) in [4.78, 5) is 8.38. The number of para-hydroxylation sites is 1. The van der Waals surface area contributed by atoms with E-state index in [1.807, 2.05) is 55.0 Å². The van der Waals surface area contributed by atoms with Crippen molar-refractivity contribution in [3.05, 3.63) is 110 Å². The maximum atomic E-state index is 4.20. The molecule has 0 N–H and O–H groups in total. The van der Waals surface area contributed by atoms with E-state index in [4.69, 9.17) is 0 Å². The van der Waals surface area contributed by atoms with Gasteiger partial charge in [0.1, 0.15) is 0 Å². The Labute approximate surface area is 152 Å². The normalized spacial score (nSPS) is 10.3. The van der Waals surface area contributed by atoms with Gasteiger partial charge in [-0.05, 0) is 34.7 Å². The van der Waals surface area contributed by atoms with Gasteiger partial charge in [0.15, 0.2) is 0 Å². The fourth-order valence-corrected chi connectivity index (χ4v) is 3.00. The van der Waals surface area contributed by atoms with Crippen LogP contribution in [0, 0.1) is 0 Å². The molecule has 2 nitrogen and oxygen atoms in total. The average molecular weight is 334 g/mol. The lowest BCUT2D eigenvalue weighted by Gasteiger charge is -2.05. The van der Waals surface area contributed by atoms with Crippen LogP contribution in [-0.2, 0) is 0 Å². The monoisotopic (exact) mass is 334 g/mol. The summed E-state index contributed by atoms with van der Waals surface area (Å²) in [5.74, 6) is 0. The van der Waals surface area contributed by atoms with Crippen molar-refractivity contribution >= 4 is 21.7 Å². The number of hydrogen-bond acceptors (Lipinski definition) is 2. The summed E-state index contributed by atoms with van der Waals surface area (Å²) in [5, 5.41) is 3.64. The van der Waals surface area contributed by atoms with Gasteiger partial charge in [0.2, 0.25) is 0 Å². The van der Waals surface area contributed by atoms with E-state index in [2.05, 4.69) is 64.6 Å². The quantitative estimate of drug-likeness (QED) is 0.368. The minimum atomic E-state index is 1.06. The van der Waals surface area contributed by atoms with Gasteiger partial charge in [-0.2, -0.15) is 0 Å². The summed E-state index contributed by atoms with van der Waals surface area (Å²) < 4.78 is 0. The lowest BCUT2D eigenvalue weighted by molar-refractivity contribution is 1.36. The van der Waals surface area contributed by atoms with Gasteiger partial charge < -0.3 is 0 Å². The van der Waals surface area contributed by atoms with E-state index >= 15 is 0 Å². The van der Waals surface area contributed by atoms with Gasteiger partial charge in [-0.3, -0.25) is 9.97 Å². The Morgan fingerprint density at radius 1 is 0.538 bits per heavy atom. The third-order valence-electron chi connectivity index (χ3n) is 4.28. The average Bonchev–Trinajstić information content (AvgIpc) is 2.74. The Morgan fingerprint density at radius 2 is 1.31 bits per heavy atom. The van der Waals surface area contributed by atoms with Crippen molar-refractivity contribution in [1.29, 1.82) is 0 Å². The number of hydrogen-bond donors (Lipinski definition) is 0. The van der Waals surface area contributed by atoms with Gasteiger partial charge in [-0.1, -0.05) is 72.8 Å². The molecule has 0 atom stereocenters. The third-order valence-corrected chi connectivity index (χ3v) is 4.28. The zero-order valence-corrected chi connectivity index (χ0v) is 14.3. The van der Waals surface area contributed by atoms with Gasteiger partial charge in [0.25, 0.3) is 0 Å². The number of nitrogens with zero attached hydrogens (tertiary/aromatic N) is 2. The van der Waals surface area contributed by atoms with Crippen LogP contribution in [0.5, 0.6) is 0 Å². The van der Waals surface area contributed by atoms with Crippen LogP contribution < -0.4 is 0 Å². The molecule has 0 aliphatic carbocycles. The molecule has 0 saturated heterocycles. The Hall–Kier alpha value is -3.52. The van der Waals surface area contributed by atoms with Crippen molar-refractivity contribution in [2.45, 2.75) is 0 Å². The van der Waals surface area contributed by atoms with Crippen LogP contribution in [0.1, 0.15) is 0 Å². The molecule has 0 fully saturated rings. The van der Waals surface area contributed by atoms with Gasteiger partial charge in [-0.25, -0.2) is 0 Å². The van der Waals surface area contributed by atoms with Crippen LogP contribution in [0.15, 0.2) is 110 Å². The van der Waals surface area contributed by atoms with Crippen LogP contribution in [-0.4, -0.2) is 9.97 Å². The molecule has 5 rings (SSSR count). The van der Waals surface area contributed by atoms with Crippen LogP contribution in [0.2, 0.25) is 0 Å². The zero-order valence-electron chi connectivity index (χ0n) is 14.3. The van der Waals surface area contributed by atoms with Crippen LogP contribution in [0.25, 0.3) is 32.8 Å². The lowest BCUT2D eigenvalue weighted by Crippen LogP contribution is -1.81. The molecule has 0 radical (unpaired) electrons. The van der Waals surface area contributed by atoms with E-state index in [-0.39, 0.29) is 0 Å². The summed E-state index contributed by atoms with van der Waals surface area (Å²) in [7, 11) is 0. The van der Waals surface area contributed by atoms with E-state index in [0.717, 1.165) is 5.52 Å². The summed E-state index contributed by atoms with van der Waals surface area (Å²) in [5.41, 5.74) is 3.54. The second-order valence-electron chi connectivity index (χ2n) is 5.96. The van der Waals surface area contributed by atoms with E-state index in [1.54, 1.807) is 0 Å². The molecule has 0 unspecified atom stereocenters. The van der Waals surface area contributed by atoms with Crippen LogP contribution >= 0.6 is 0 Å².